The fraction of sp³-hybridized carbons (Fsp3) is 0.423. The highest BCUT2D eigenvalue weighted by molar-refractivity contribution is 5.88. The second kappa shape index (κ2) is 7.81. The molecule has 2 aliphatic rings. The Kier molecular flexibility index (Phi) is 5.34. The third-order valence-electron chi connectivity index (χ3n) is 6.89. The number of phenolic OH excluding ortho intramolecular Hbond substituents is 1. The van der Waals surface area contributed by atoms with E-state index in [-0.39, 0.29) is 11.3 Å². The summed E-state index contributed by atoms with van der Waals surface area (Å²) in [5.41, 5.74) is 3.53. The van der Waals surface area contributed by atoms with Crippen LogP contribution in [0.2, 0.25) is 0 Å². The summed E-state index contributed by atoms with van der Waals surface area (Å²) in [5.74, 6) is 6.53. The van der Waals surface area contributed by atoms with Crippen molar-refractivity contribution in [1.29, 1.82) is 0 Å². The Morgan fingerprint density at radius 2 is 1.97 bits per heavy atom. The molecule has 156 valence electrons. The number of benzene rings is 2. The van der Waals surface area contributed by atoms with Crippen LogP contribution in [0.25, 0.3) is 0 Å². The molecule has 2 aliphatic carbocycles. The number of hydrogen-bond donors (Lipinski definition) is 3. The largest absolute Gasteiger partial charge is 0.508 e. The van der Waals surface area contributed by atoms with Crippen LogP contribution in [0.4, 0.5) is 5.69 Å². The molecule has 4 heteroatoms. The second-order valence-corrected chi connectivity index (χ2v) is 8.90. The highest BCUT2D eigenvalue weighted by Gasteiger charge is 2.51. The van der Waals surface area contributed by atoms with Crippen molar-refractivity contribution in [1.82, 2.24) is 0 Å². The van der Waals surface area contributed by atoms with Crippen LogP contribution in [0.3, 0.4) is 0 Å². The van der Waals surface area contributed by atoms with Gasteiger partial charge in [-0.15, -0.1) is 5.92 Å². The van der Waals surface area contributed by atoms with Gasteiger partial charge in [-0.1, -0.05) is 24.1 Å². The van der Waals surface area contributed by atoms with Crippen molar-refractivity contribution >= 4 is 11.6 Å². The van der Waals surface area contributed by atoms with Gasteiger partial charge >= 0.3 is 0 Å². The molecule has 4 rings (SSSR count). The monoisotopic (exact) mass is 403 g/mol. The average Bonchev–Trinajstić information content (AvgIpc) is 2.69. The van der Waals surface area contributed by atoms with Crippen molar-refractivity contribution in [2.75, 3.05) is 5.32 Å². The van der Waals surface area contributed by atoms with Gasteiger partial charge in [0.05, 0.1) is 0 Å². The van der Waals surface area contributed by atoms with Gasteiger partial charge in [-0.2, -0.15) is 0 Å². The molecule has 0 aromatic heterocycles. The summed E-state index contributed by atoms with van der Waals surface area (Å²) in [4.78, 5) is 11.3. The van der Waals surface area contributed by atoms with Gasteiger partial charge in [0.1, 0.15) is 11.4 Å². The molecule has 0 heterocycles. The molecular weight excluding hydrogens is 374 g/mol. The lowest BCUT2D eigenvalue weighted by Crippen LogP contribution is -2.50. The zero-order valence-electron chi connectivity index (χ0n) is 17.7. The van der Waals surface area contributed by atoms with Gasteiger partial charge in [0.2, 0.25) is 5.91 Å². The molecule has 3 atom stereocenters. The molecule has 0 radical (unpaired) electrons. The van der Waals surface area contributed by atoms with Crippen LogP contribution in [0.1, 0.15) is 56.2 Å². The van der Waals surface area contributed by atoms with E-state index in [0.29, 0.717) is 24.5 Å². The molecule has 2 aromatic rings. The average molecular weight is 404 g/mol. The SMILES string of the molecule is CC#C[C@@]1(O)CC[C@]2(Cc3ccc(NC(C)=O)cc3)c3ccc(O)cc3CC[C@H]2C1. The first kappa shape index (κ1) is 20.5. The van der Waals surface area contributed by atoms with E-state index in [1.807, 2.05) is 18.2 Å². The summed E-state index contributed by atoms with van der Waals surface area (Å²) in [6.45, 7) is 3.30. The van der Waals surface area contributed by atoms with Crippen molar-refractivity contribution in [2.24, 2.45) is 5.92 Å². The predicted octanol–water partition coefficient (Wildman–Crippen LogP) is 4.33. The number of phenols is 1. The maximum Gasteiger partial charge on any atom is 0.221 e. The van der Waals surface area contributed by atoms with Crippen molar-refractivity contribution in [2.45, 2.75) is 63.4 Å². The van der Waals surface area contributed by atoms with E-state index in [9.17, 15) is 15.0 Å². The first-order valence-electron chi connectivity index (χ1n) is 10.7. The molecule has 2 aromatic carbocycles. The van der Waals surface area contributed by atoms with Crippen LogP contribution in [0.5, 0.6) is 5.75 Å². The number of anilines is 1. The van der Waals surface area contributed by atoms with Gasteiger partial charge in [-0.3, -0.25) is 4.79 Å². The highest BCUT2D eigenvalue weighted by atomic mass is 16.3. The van der Waals surface area contributed by atoms with Crippen LogP contribution in [-0.4, -0.2) is 21.7 Å². The number of aryl methyl sites for hydroxylation is 1. The number of rotatable bonds is 3. The molecule has 0 aliphatic heterocycles. The summed E-state index contributed by atoms with van der Waals surface area (Å²) >= 11 is 0. The van der Waals surface area contributed by atoms with Crippen molar-refractivity contribution < 1.29 is 15.0 Å². The molecule has 1 saturated carbocycles. The summed E-state index contributed by atoms with van der Waals surface area (Å²) in [7, 11) is 0. The van der Waals surface area contributed by atoms with E-state index < -0.39 is 5.60 Å². The minimum atomic E-state index is -0.910. The van der Waals surface area contributed by atoms with Crippen LogP contribution in [-0.2, 0) is 23.1 Å². The number of carbonyl (C=O) groups excluding carboxylic acids is 1. The lowest BCUT2D eigenvalue weighted by molar-refractivity contribution is -0.114. The first-order valence-corrected chi connectivity index (χ1v) is 10.7. The topological polar surface area (TPSA) is 69.6 Å². The van der Waals surface area contributed by atoms with Crippen molar-refractivity contribution in [3.05, 3.63) is 59.2 Å². The molecular formula is C26H29NO3. The number of nitrogens with one attached hydrogen (secondary N) is 1. The molecule has 0 saturated heterocycles. The minimum absolute atomic E-state index is 0.0778. The summed E-state index contributed by atoms with van der Waals surface area (Å²) in [6, 6.07) is 13.8. The van der Waals surface area contributed by atoms with E-state index in [2.05, 4.69) is 35.4 Å². The fourth-order valence-corrected chi connectivity index (χ4v) is 5.62. The Morgan fingerprint density at radius 1 is 1.20 bits per heavy atom. The van der Waals surface area contributed by atoms with Gasteiger partial charge in [-0.05, 0) is 92.3 Å². The molecule has 4 nitrogen and oxygen atoms in total. The second-order valence-electron chi connectivity index (χ2n) is 8.90. The van der Waals surface area contributed by atoms with E-state index >= 15 is 0 Å². The molecule has 3 N–H and O–H groups in total. The van der Waals surface area contributed by atoms with E-state index in [4.69, 9.17) is 0 Å². The van der Waals surface area contributed by atoms with Crippen LogP contribution < -0.4 is 5.32 Å². The Labute approximate surface area is 178 Å². The van der Waals surface area contributed by atoms with Crippen molar-refractivity contribution in [3.8, 4) is 17.6 Å². The Morgan fingerprint density at radius 3 is 2.67 bits per heavy atom. The maximum atomic E-state index is 11.3. The summed E-state index contributed by atoms with van der Waals surface area (Å²) < 4.78 is 0. The molecule has 30 heavy (non-hydrogen) atoms. The molecule has 1 amide bonds. The van der Waals surface area contributed by atoms with Crippen LogP contribution in [0.15, 0.2) is 42.5 Å². The Bertz CT molecular complexity index is 1020. The quantitative estimate of drug-likeness (QED) is 0.668. The van der Waals surface area contributed by atoms with Gasteiger partial charge in [0.25, 0.3) is 0 Å². The Hall–Kier alpha value is -2.77. The smallest absolute Gasteiger partial charge is 0.221 e. The van der Waals surface area contributed by atoms with Crippen molar-refractivity contribution in [3.63, 3.8) is 0 Å². The van der Waals surface area contributed by atoms with Crippen LogP contribution >= 0.6 is 0 Å². The fourth-order valence-electron chi connectivity index (χ4n) is 5.62. The predicted molar refractivity (Wildman–Crippen MR) is 118 cm³/mol. The number of carbonyl (C=O) groups is 1. The third-order valence-corrected chi connectivity index (χ3v) is 6.89. The van der Waals surface area contributed by atoms with Gasteiger partial charge in [0, 0.05) is 18.0 Å². The number of amides is 1. The normalized spacial score (nSPS) is 27.2. The van der Waals surface area contributed by atoms with Gasteiger partial charge in [-0.25, -0.2) is 0 Å². The maximum absolute atomic E-state index is 11.3. The van der Waals surface area contributed by atoms with Crippen LogP contribution in [0, 0.1) is 17.8 Å². The highest BCUT2D eigenvalue weighted by Crippen LogP contribution is 2.54. The molecule has 1 fully saturated rings. The number of aromatic hydroxyl groups is 1. The zero-order chi connectivity index (χ0) is 21.4. The lowest BCUT2D eigenvalue weighted by Gasteiger charge is -2.52. The zero-order valence-corrected chi connectivity index (χ0v) is 17.7. The van der Waals surface area contributed by atoms with E-state index in [1.165, 1.54) is 23.6 Å². The third kappa shape index (κ3) is 3.82. The van der Waals surface area contributed by atoms with E-state index in [0.717, 1.165) is 31.4 Å². The van der Waals surface area contributed by atoms with E-state index in [1.54, 1.807) is 13.0 Å². The molecule has 0 spiro atoms. The molecule has 0 unspecified atom stereocenters. The number of aliphatic hydroxyl groups is 1. The minimum Gasteiger partial charge on any atom is -0.508 e. The first-order chi connectivity index (χ1) is 14.3. The van der Waals surface area contributed by atoms with Gasteiger partial charge < -0.3 is 15.5 Å². The van der Waals surface area contributed by atoms with Gasteiger partial charge in [0.15, 0.2) is 0 Å². The summed E-state index contributed by atoms with van der Waals surface area (Å²) in [5, 5.41) is 23.9. The molecule has 0 bridgehead atoms. The number of hydrogen-bond acceptors (Lipinski definition) is 3. The number of fused-ring (bicyclic) bond motifs is 3. The standard InChI is InChI=1S/C26H29NO3/c1-3-12-25(30)13-14-26(16-19-4-8-22(9-5-19)27-18(2)28)21(17-25)7-6-20-15-23(29)10-11-24(20)26/h4-5,8-11,15,21,29-30H,6-7,13-14,16-17H2,1-2H3,(H,27,28)/t21-,25+,26+/m0/s1. The summed E-state index contributed by atoms with van der Waals surface area (Å²) in [6.07, 6.45) is 4.94. The Balaban J connectivity index is 1.72. The lowest BCUT2D eigenvalue weighted by atomic mass is 9.52.